The number of carbonyl (C=O) groups excluding carboxylic acids is 2. The SMILES string of the molecule is COC(=O)C(CO)NC(=O)C(C)n1cncn1. The van der Waals surface area contributed by atoms with Crippen LogP contribution in [0.4, 0.5) is 0 Å². The van der Waals surface area contributed by atoms with E-state index in [-0.39, 0.29) is 0 Å². The number of esters is 1. The number of hydrogen-bond acceptors (Lipinski definition) is 6. The first-order valence-electron chi connectivity index (χ1n) is 4.93. The van der Waals surface area contributed by atoms with Gasteiger partial charge in [0, 0.05) is 0 Å². The fourth-order valence-corrected chi connectivity index (χ4v) is 1.15. The molecule has 0 aliphatic carbocycles. The molecule has 8 nitrogen and oxygen atoms in total. The number of carbonyl (C=O) groups is 2. The van der Waals surface area contributed by atoms with E-state index in [0.717, 1.165) is 0 Å². The van der Waals surface area contributed by atoms with E-state index in [1.807, 2.05) is 0 Å². The quantitative estimate of drug-likeness (QED) is 0.608. The van der Waals surface area contributed by atoms with E-state index in [9.17, 15) is 9.59 Å². The zero-order valence-electron chi connectivity index (χ0n) is 9.53. The molecule has 2 N–H and O–H groups in total. The van der Waals surface area contributed by atoms with Crippen molar-refractivity contribution in [1.82, 2.24) is 20.1 Å². The highest BCUT2D eigenvalue weighted by atomic mass is 16.5. The summed E-state index contributed by atoms with van der Waals surface area (Å²) in [5, 5.41) is 15.1. The van der Waals surface area contributed by atoms with E-state index in [2.05, 4.69) is 20.1 Å². The van der Waals surface area contributed by atoms with Crippen LogP contribution in [0.3, 0.4) is 0 Å². The predicted octanol–water partition coefficient (Wildman–Crippen LogP) is -1.51. The van der Waals surface area contributed by atoms with Gasteiger partial charge in [-0.1, -0.05) is 0 Å². The van der Waals surface area contributed by atoms with Crippen LogP contribution in [0.2, 0.25) is 0 Å². The van der Waals surface area contributed by atoms with Gasteiger partial charge >= 0.3 is 5.97 Å². The molecule has 0 aliphatic heterocycles. The van der Waals surface area contributed by atoms with Gasteiger partial charge in [0.2, 0.25) is 5.91 Å². The monoisotopic (exact) mass is 242 g/mol. The fraction of sp³-hybridized carbons (Fsp3) is 0.556. The maximum Gasteiger partial charge on any atom is 0.330 e. The molecule has 1 aromatic heterocycles. The number of ether oxygens (including phenoxy) is 1. The van der Waals surface area contributed by atoms with Crippen molar-refractivity contribution in [1.29, 1.82) is 0 Å². The van der Waals surface area contributed by atoms with Gasteiger partial charge in [0.05, 0.1) is 13.7 Å². The number of rotatable bonds is 5. The van der Waals surface area contributed by atoms with Crippen molar-refractivity contribution in [3.05, 3.63) is 12.7 Å². The summed E-state index contributed by atoms with van der Waals surface area (Å²) in [4.78, 5) is 26.6. The molecule has 0 aromatic carbocycles. The van der Waals surface area contributed by atoms with Gasteiger partial charge < -0.3 is 15.2 Å². The molecule has 1 aromatic rings. The Labute approximate surface area is 97.6 Å². The number of aromatic nitrogens is 3. The Morgan fingerprint density at radius 2 is 2.29 bits per heavy atom. The Balaban J connectivity index is 2.62. The molecule has 0 radical (unpaired) electrons. The number of amides is 1. The highest BCUT2D eigenvalue weighted by molar-refractivity contribution is 5.86. The second-order valence-corrected chi connectivity index (χ2v) is 3.32. The van der Waals surface area contributed by atoms with Crippen molar-refractivity contribution < 1.29 is 19.4 Å². The van der Waals surface area contributed by atoms with Crippen LogP contribution >= 0.6 is 0 Å². The largest absolute Gasteiger partial charge is 0.467 e. The lowest BCUT2D eigenvalue weighted by atomic mass is 10.2. The standard InChI is InChI=1S/C9H14N4O4/c1-6(13-5-10-4-11-13)8(15)12-7(3-14)9(16)17-2/h4-7,14H,3H2,1-2H3,(H,12,15). The lowest BCUT2D eigenvalue weighted by Crippen LogP contribution is -2.46. The molecule has 2 unspecified atom stereocenters. The fourth-order valence-electron chi connectivity index (χ4n) is 1.15. The topological polar surface area (TPSA) is 106 Å². The third kappa shape index (κ3) is 3.25. The van der Waals surface area contributed by atoms with Crippen LogP contribution in [0.1, 0.15) is 13.0 Å². The first kappa shape index (κ1) is 13.1. The Bertz CT molecular complexity index is 378. The second kappa shape index (κ2) is 5.94. The molecule has 0 bridgehead atoms. The molecule has 1 amide bonds. The average molecular weight is 242 g/mol. The van der Waals surface area contributed by atoms with Crippen LogP contribution in [0.5, 0.6) is 0 Å². The van der Waals surface area contributed by atoms with Gasteiger partial charge in [0.15, 0.2) is 6.04 Å². The predicted molar refractivity (Wildman–Crippen MR) is 55.8 cm³/mol. The van der Waals surface area contributed by atoms with Gasteiger partial charge in [-0.2, -0.15) is 5.10 Å². The number of nitrogens with one attached hydrogen (secondary N) is 1. The number of aliphatic hydroxyl groups is 1. The van der Waals surface area contributed by atoms with E-state index in [4.69, 9.17) is 5.11 Å². The molecular formula is C9H14N4O4. The molecule has 0 spiro atoms. The van der Waals surface area contributed by atoms with Crippen molar-refractivity contribution in [2.75, 3.05) is 13.7 Å². The summed E-state index contributed by atoms with van der Waals surface area (Å²) in [6.07, 6.45) is 2.68. The minimum absolute atomic E-state index is 0.458. The number of methoxy groups -OCH3 is 1. The van der Waals surface area contributed by atoms with E-state index < -0.39 is 30.6 Å². The Morgan fingerprint density at radius 1 is 1.59 bits per heavy atom. The highest BCUT2D eigenvalue weighted by Gasteiger charge is 2.24. The molecule has 1 rings (SSSR count). The maximum absolute atomic E-state index is 11.7. The van der Waals surface area contributed by atoms with Crippen LogP contribution in [0.15, 0.2) is 12.7 Å². The zero-order chi connectivity index (χ0) is 12.8. The van der Waals surface area contributed by atoms with Crippen molar-refractivity contribution in [3.8, 4) is 0 Å². The summed E-state index contributed by atoms with van der Waals surface area (Å²) in [5.41, 5.74) is 0. The Kier molecular flexibility index (Phi) is 4.58. The van der Waals surface area contributed by atoms with E-state index in [1.54, 1.807) is 6.92 Å². The summed E-state index contributed by atoms with van der Waals surface area (Å²) in [6.45, 7) is 1.07. The van der Waals surface area contributed by atoms with Crippen LogP contribution in [-0.2, 0) is 14.3 Å². The molecule has 1 heterocycles. The highest BCUT2D eigenvalue weighted by Crippen LogP contribution is 2.02. The Morgan fingerprint density at radius 3 is 2.76 bits per heavy atom. The third-order valence-corrected chi connectivity index (χ3v) is 2.20. The van der Waals surface area contributed by atoms with Gasteiger partial charge in [-0.25, -0.2) is 14.5 Å². The first-order chi connectivity index (χ1) is 8.10. The van der Waals surface area contributed by atoms with Crippen LogP contribution in [0, 0.1) is 0 Å². The van der Waals surface area contributed by atoms with Gasteiger partial charge in [-0.05, 0) is 6.92 Å². The Hall–Kier alpha value is -1.96. The van der Waals surface area contributed by atoms with Crippen molar-refractivity contribution in [2.24, 2.45) is 0 Å². The van der Waals surface area contributed by atoms with Crippen molar-refractivity contribution in [3.63, 3.8) is 0 Å². The van der Waals surface area contributed by atoms with Gasteiger partial charge in [0.25, 0.3) is 0 Å². The van der Waals surface area contributed by atoms with Gasteiger partial charge in [-0.15, -0.1) is 0 Å². The van der Waals surface area contributed by atoms with Crippen molar-refractivity contribution in [2.45, 2.75) is 19.0 Å². The molecule has 94 valence electrons. The second-order valence-electron chi connectivity index (χ2n) is 3.32. The minimum Gasteiger partial charge on any atom is -0.467 e. The maximum atomic E-state index is 11.7. The van der Waals surface area contributed by atoms with E-state index in [0.29, 0.717) is 0 Å². The molecule has 0 aliphatic rings. The molecule has 8 heteroatoms. The van der Waals surface area contributed by atoms with Crippen molar-refractivity contribution >= 4 is 11.9 Å². The summed E-state index contributed by atoms with van der Waals surface area (Å²) in [5.74, 6) is -1.16. The van der Waals surface area contributed by atoms with Gasteiger partial charge in [0.1, 0.15) is 18.7 Å². The van der Waals surface area contributed by atoms with E-state index >= 15 is 0 Å². The smallest absolute Gasteiger partial charge is 0.330 e. The summed E-state index contributed by atoms with van der Waals surface area (Å²) in [6, 6.07) is -1.70. The summed E-state index contributed by atoms with van der Waals surface area (Å²) < 4.78 is 5.76. The lowest BCUT2D eigenvalue weighted by molar-refractivity contribution is -0.146. The first-order valence-corrected chi connectivity index (χ1v) is 4.93. The molecular weight excluding hydrogens is 228 g/mol. The zero-order valence-corrected chi connectivity index (χ0v) is 9.53. The molecule has 0 fully saturated rings. The third-order valence-electron chi connectivity index (χ3n) is 2.20. The number of nitrogens with zero attached hydrogens (tertiary/aromatic N) is 3. The minimum atomic E-state index is -1.07. The average Bonchev–Trinajstić information content (AvgIpc) is 2.87. The molecule has 17 heavy (non-hydrogen) atoms. The van der Waals surface area contributed by atoms with Crippen LogP contribution in [-0.4, -0.2) is 51.5 Å². The summed E-state index contributed by atoms with van der Waals surface area (Å²) in [7, 11) is 1.18. The van der Waals surface area contributed by atoms with Crippen LogP contribution < -0.4 is 5.32 Å². The lowest BCUT2D eigenvalue weighted by Gasteiger charge is -2.17. The van der Waals surface area contributed by atoms with Gasteiger partial charge in [-0.3, -0.25) is 4.79 Å². The number of hydrogen-bond donors (Lipinski definition) is 2. The molecule has 2 atom stereocenters. The normalized spacial score (nSPS) is 13.8. The van der Waals surface area contributed by atoms with E-state index in [1.165, 1.54) is 24.4 Å². The van der Waals surface area contributed by atoms with Crippen LogP contribution in [0.25, 0.3) is 0 Å². The number of aliphatic hydroxyl groups excluding tert-OH is 1. The summed E-state index contributed by atoms with van der Waals surface area (Å²) >= 11 is 0. The molecule has 0 saturated heterocycles. The molecule has 0 saturated carbocycles.